The number of nitrogens with one attached hydrogen (secondary N) is 1. The maximum atomic E-state index is 11.5. The highest BCUT2D eigenvalue weighted by Crippen LogP contribution is 2.36. The summed E-state index contributed by atoms with van der Waals surface area (Å²) in [6, 6.07) is 7.19. The zero-order chi connectivity index (χ0) is 12.7. The van der Waals surface area contributed by atoms with Gasteiger partial charge in [0.2, 0.25) is 5.91 Å². The molecule has 1 aliphatic heterocycles. The van der Waals surface area contributed by atoms with Crippen molar-refractivity contribution in [1.29, 1.82) is 0 Å². The minimum Gasteiger partial charge on any atom is -0.468 e. The predicted molar refractivity (Wildman–Crippen MR) is 69.6 cm³/mol. The maximum absolute atomic E-state index is 11.5. The van der Waals surface area contributed by atoms with E-state index in [0.29, 0.717) is 0 Å². The van der Waals surface area contributed by atoms with Gasteiger partial charge in [-0.3, -0.25) is 4.79 Å². The Labute approximate surface area is 109 Å². The largest absolute Gasteiger partial charge is 0.468 e. The lowest BCUT2D eigenvalue weighted by atomic mass is 10.1. The summed E-state index contributed by atoms with van der Waals surface area (Å²) >= 11 is 1.60. The molecule has 0 bridgehead atoms. The molecule has 0 fully saturated rings. The van der Waals surface area contributed by atoms with Gasteiger partial charge in [0.15, 0.2) is 0 Å². The van der Waals surface area contributed by atoms with Gasteiger partial charge in [-0.1, -0.05) is 17.8 Å². The monoisotopic (exact) mass is 260 g/mol. The van der Waals surface area contributed by atoms with Crippen LogP contribution in [0.5, 0.6) is 0 Å². The summed E-state index contributed by atoms with van der Waals surface area (Å²) in [5.41, 5.74) is 7.43. The Morgan fingerprint density at radius 1 is 1.39 bits per heavy atom. The molecule has 92 valence electrons. The summed E-state index contributed by atoms with van der Waals surface area (Å²) in [6.07, 6.45) is 1.67. The topological polar surface area (TPSA) is 68.3 Å². The van der Waals surface area contributed by atoms with Crippen molar-refractivity contribution in [3.8, 4) is 0 Å². The summed E-state index contributed by atoms with van der Waals surface area (Å²) in [6.45, 7) is 1.92. The third-order valence-corrected chi connectivity index (χ3v) is 4.07. The van der Waals surface area contributed by atoms with Gasteiger partial charge in [-0.15, -0.1) is 0 Å². The van der Waals surface area contributed by atoms with Crippen LogP contribution in [0, 0.1) is 6.92 Å². The van der Waals surface area contributed by atoms with Gasteiger partial charge in [-0.2, -0.15) is 0 Å². The first-order valence-electron chi connectivity index (χ1n) is 5.57. The van der Waals surface area contributed by atoms with E-state index in [1.807, 2.05) is 31.2 Å². The lowest BCUT2D eigenvalue weighted by Gasteiger charge is -2.04. The lowest BCUT2D eigenvalue weighted by molar-refractivity contribution is -0.116. The SMILES string of the molecule is Cc1occc1Sc1ccc2c(c1)NC(=O)C2N. The Bertz CT molecular complexity index is 621. The lowest BCUT2D eigenvalue weighted by Crippen LogP contribution is -2.19. The van der Waals surface area contributed by atoms with Crippen LogP contribution in [0.3, 0.4) is 0 Å². The molecule has 2 aromatic rings. The van der Waals surface area contributed by atoms with Crippen molar-refractivity contribution in [3.05, 3.63) is 41.9 Å². The molecular weight excluding hydrogens is 248 g/mol. The Morgan fingerprint density at radius 2 is 2.22 bits per heavy atom. The molecule has 1 aliphatic rings. The first-order chi connectivity index (χ1) is 8.65. The second-order valence-electron chi connectivity index (χ2n) is 4.16. The van der Waals surface area contributed by atoms with Crippen LogP contribution in [-0.4, -0.2) is 5.91 Å². The van der Waals surface area contributed by atoms with Crippen LogP contribution >= 0.6 is 11.8 Å². The molecule has 1 aromatic carbocycles. The Hall–Kier alpha value is -1.72. The summed E-state index contributed by atoms with van der Waals surface area (Å²) in [4.78, 5) is 13.6. The molecule has 1 atom stereocenters. The van der Waals surface area contributed by atoms with Crippen LogP contribution in [0.1, 0.15) is 17.4 Å². The molecule has 1 amide bonds. The number of aryl methyl sites for hydroxylation is 1. The van der Waals surface area contributed by atoms with Crippen LogP contribution in [0.2, 0.25) is 0 Å². The number of rotatable bonds is 2. The van der Waals surface area contributed by atoms with Crippen molar-refractivity contribution >= 4 is 23.4 Å². The van der Waals surface area contributed by atoms with Crippen molar-refractivity contribution in [2.75, 3.05) is 5.32 Å². The number of carbonyl (C=O) groups excluding carboxylic acids is 1. The fourth-order valence-corrected chi connectivity index (χ4v) is 2.82. The first-order valence-corrected chi connectivity index (χ1v) is 6.39. The average molecular weight is 260 g/mol. The second-order valence-corrected chi connectivity index (χ2v) is 5.27. The van der Waals surface area contributed by atoms with E-state index in [1.54, 1.807) is 18.0 Å². The van der Waals surface area contributed by atoms with Gasteiger partial charge < -0.3 is 15.5 Å². The minimum absolute atomic E-state index is 0.147. The molecule has 1 aromatic heterocycles. The molecule has 2 heterocycles. The fraction of sp³-hybridized carbons (Fsp3) is 0.154. The third kappa shape index (κ3) is 1.81. The smallest absolute Gasteiger partial charge is 0.245 e. The van der Waals surface area contributed by atoms with Gasteiger partial charge >= 0.3 is 0 Å². The van der Waals surface area contributed by atoms with Gasteiger partial charge in [0.25, 0.3) is 0 Å². The number of hydrogen-bond donors (Lipinski definition) is 2. The summed E-state index contributed by atoms with van der Waals surface area (Å²) in [5, 5.41) is 2.78. The van der Waals surface area contributed by atoms with E-state index in [-0.39, 0.29) is 5.91 Å². The molecule has 0 aliphatic carbocycles. The molecule has 1 unspecified atom stereocenters. The zero-order valence-electron chi connectivity index (χ0n) is 9.77. The molecule has 0 saturated heterocycles. The molecule has 4 nitrogen and oxygen atoms in total. The highest BCUT2D eigenvalue weighted by molar-refractivity contribution is 7.99. The number of nitrogens with two attached hydrogens (primary N) is 1. The molecular formula is C13H12N2O2S. The van der Waals surface area contributed by atoms with Gasteiger partial charge in [-0.25, -0.2) is 0 Å². The number of carbonyl (C=O) groups is 1. The van der Waals surface area contributed by atoms with Crippen LogP contribution in [-0.2, 0) is 4.79 Å². The second kappa shape index (κ2) is 4.19. The van der Waals surface area contributed by atoms with Crippen LogP contribution in [0.4, 0.5) is 5.69 Å². The molecule has 18 heavy (non-hydrogen) atoms. The highest BCUT2D eigenvalue weighted by atomic mass is 32.2. The first kappa shape index (κ1) is 11.4. The van der Waals surface area contributed by atoms with E-state index in [2.05, 4.69) is 5.32 Å². The van der Waals surface area contributed by atoms with Crippen molar-refractivity contribution in [2.45, 2.75) is 22.8 Å². The number of benzene rings is 1. The van der Waals surface area contributed by atoms with E-state index in [9.17, 15) is 4.79 Å². The summed E-state index contributed by atoms with van der Waals surface area (Å²) in [7, 11) is 0. The van der Waals surface area contributed by atoms with Crippen molar-refractivity contribution in [3.63, 3.8) is 0 Å². The Morgan fingerprint density at radius 3 is 2.94 bits per heavy atom. The third-order valence-electron chi connectivity index (χ3n) is 2.94. The van der Waals surface area contributed by atoms with E-state index in [4.69, 9.17) is 10.2 Å². The normalized spacial score (nSPS) is 17.7. The maximum Gasteiger partial charge on any atom is 0.245 e. The van der Waals surface area contributed by atoms with E-state index in [1.165, 1.54) is 0 Å². The number of anilines is 1. The zero-order valence-corrected chi connectivity index (χ0v) is 10.6. The van der Waals surface area contributed by atoms with Crippen molar-refractivity contribution in [1.82, 2.24) is 0 Å². The fourth-order valence-electron chi connectivity index (χ4n) is 1.94. The van der Waals surface area contributed by atoms with E-state index >= 15 is 0 Å². The Balaban J connectivity index is 1.91. The van der Waals surface area contributed by atoms with Gasteiger partial charge in [0.05, 0.1) is 11.2 Å². The van der Waals surface area contributed by atoms with Crippen molar-refractivity contribution < 1.29 is 9.21 Å². The van der Waals surface area contributed by atoms with Crippen LogP contribution in [0.25, 0.3) is 0 Å². The average Bonchev–Trinajstić information content (AvgIpc) is 2.86. The molecule has 3 N–H and O–H groups in total. The van der Waals surface area contributed by atoms with Gasteiger partial charge in [0, 0.05) is 16.1 Å². The molecule has 0 saturated carbocycles. The summed E-state index contributed by atoms with van der Waals surface area (Å²) < 4.78 is 5.25. The number of hydrogen-bond acceptors (Lipinski definition) is 4. The molecule has 0 radical (unpaired) electrons. The van der Waals surface area contributed by atoms with Gasteiger partial charge in [-0.05, 0) is 25.1 Å². The summed E-state index contributed by atoms with van der Waals surface area (Å²) in [5.74, 6) is 0.743. The van der Waals surface area contributed by atoms with Crippen LogP contribution < -0.4 is 11.1 Å². The number of furan rings is 1. The van der Waals surface area contributed by atoms with E-state index < -0.39 is 6.04 Å². The minimum atomic E-state index is -0.547. The molecule has 3 rings (SSSR count). The molecule has 5 heteroatoms. The standard InChI is InChI=1S/C13H12N2O2S/c1-7-11(4-5-17-7)18-8-2-3-9-10(6-8)15-13(16)12(9)14/h2-6,12H,14H2,1H3,(H,15,16). The van der Waals surface area contributed by atoms with Crippen molar-refractivity contribution in [2.24, 2.45) is 5.73 Å². The highest BCUT2D eigenvalue weighted by Gasteiger charge is 2.27. The number of fused-ring (bicyclic) bond motifs is 1. The van der Waals surface area contributed by atoms with Gasteiger partial charge in [0.1, 0.15) is 11.8 Å². The van der Waals surface area contributed by atoms with E-state index in [0.717, 1.165) is 26.8 Å². The molecule has 0 spiro atoms. The predicted octanol–water partition coefficient (Wildman–Crippen LogP) is 2.69. The Kier molecular flexibility index (Phi) is 2.65. The van der Waals surface area contributed by atoms with Crippen LogP contribution in [0.15, 0.2) is 44.7 Å². The quantitative estimate of drug-likeness (QED) is 0.871. The number of amides is 1.